The predicted octanol–water partition coefficient (Wildman–Crippen LogP) is 3.35. The highest BCUT2D eigenvalue weighted by atomic mass is 16.7. The predicted molar refractivity (Wildman–Crippen MR) is 83.8 cm³/mol. The molecule has 0 radical (unpaired) electrons. The molecular formula is C17H24O6. The number of rotatable bonds is 7. The van der Waals surface area contributed by atoms with Crippen molar-refractivity contribution in [3.8, 4) is 11.5 Å². The Morgan fingerprint density at radius 2 is 2.09 bits per heavy atom. The summed E-state index contributed by atoms with van der Waals surface area (Å²) < 4.78 is 11.4. The zero-order valence-corrected chi connectivity index (χ0v) is 13.5. The van der Waals surface area contributed by atoms with Crippen LogP contribution in [0.2, 0.25) is 0 Å². The molecule has 0 saturated heterocycles. The molecule has 0 aromatic heterocycles. The molecule has 1 heterocycles. The largest absolute Gasteiger partial charge is 0.507 e. The van der Waals surface area contributed by atoms with Crippen LogP contribution in [0.15, 0.2) is 6.07 Å². The minimum absolute atomic E-state index is 0.0694. The second-order valence-electron chi connectivity index (χ2n) is 5.74. The van der Waals surface area contributed by atoms with Crippen LogP contribution in [0.1, 0.15) is 67.3 Å². The first-order valence-corrected chi connectivity index (χ1v) is 8.07. The van der Waals surface area contributed by atoms with Gasteiger partial charge < -0.3 is 24.8 Å². The third-order valence-electron chi connectivity index (χ3n) is 4.07. The summed E-state index contributed by atoms with van der Waals surface area (Å²) in [5.41, 5.74) is 0.478. The molecule has 1 unspecified atom stereocenters. The minimum Gasteiger partial charge on any atom is -0.507 e. The Hall–Kier alpha value is -1.79. The van der Waals surface area contributed by atoms with Gasteiger partial charge in [-0.3, -0.25) is 0 Å². The number of carboxylic acid groups (broad SMARTS) is 1. The Morgan fingerprint density at radius 3 is 2.70 bits per heavy atom. The Balaban J connectivity index is 2.36. The number of aromatic carboxylic acids is 1. The van der Waals surface area contributed by atoms with E-state index in [9.17, 15) is 15.0 Å². The van der Waals surface area contributed by atoms with E-state index in [2.05, 4.69) is 6.92 Å². The number of carboxylic acids is 1. The molecule has 1 aliphatic rings. The first-order valence-electron chi connectivity index (χ1n) is 8.07. The first kappa shape index (κ1) is 17.6. The molecule has 1 aliphatic heterocycles. The number of ether oxygens (including phenoxy) is 2. The quantitative estimate of drug-likeness (QED) is 0.666. The van der Waals surface area contributed by atoms with Crippen LogP contribution in [0.4, 0.5) is 0 Å². The second-order valence-corrected chi connectivity index (χ2v) is 5.74. The number of fused-ring (bicyclic) bond motifs is 1. The fourth-order valence-electron chi connectivity index (χ4n) is 2.97. The molecule has 2 atom stereocenters. The molecule has 6 nitrogen and oxygen atoms in total. The van der Waals surface area contributed by atoms with Crippen molar-refractivity contribution in [2.24, 2.45) is 0 Å². The van der Waals surface area contributed by atoms with Crippen LogP contribution >= 0.6 is 0 Å². The molecule has 0 spiro atoms. The van der Waals surface area contributed by atoms with Crippen LogP contribution < -0.4 is 0 Å². The summed E-state index contributed by atoms with van der Waals surface area (Å²) in [6, 6.07) is 1.40. The van der Waals surface area contributed by atoms with Crippen molar-refractivity contribution in [2.45, 2.75) is 58.3 Å². The van der Waals surface area contributed by atoms with Crippen molar-refractivity contribution < 1.29 is 29.6 Å². The third-order valence-corrected chi connectivity index (χ3v) is 4.07. The summed E-state index contributed by atoms with van der Waals surface area (Å²) >= 11 is 0. The van der Waals surface area contributed by atoms with E-state index >= 15 is 0 Å². The van der Waals surface area contributed by atoms with Crippen molar-refractivity contribution in [3.63, 3.8) is 0 Å². The van der Waals surface area contributed by atoms with Gasteiger partial charge >= 0.3 is 5.97 Å². The minimum atomic E-state index is -1.39. The summed E-state index contributed by atoms with van der Waals surface area (Å²) in [4.78, 5) is 11.2. The first-order chi connectivity index (χ1) is 11.0. The Morgan fingerprint density at radius 1 is 1.35 bits per heavy atom. The Kier molecular flexibility index (Phi) is 5.85. The lowest BCUT2D eigenvalue weighted by atomic mass is 9.92. The average Bonchev–Trinajstić information content (AvgIpc) is 2.46. The molecule has 0 fully saturated rings. The monoisotopic (exact) mass is 324 g/mol. The normalized spacial score (nSPS) is 20.3. The van der Waals surface area contributed by atoms with E-state index in [1.807, 2.05) is 0 Å². The summed E-state index contributed by atoms with van der Waals surface area (Å²) in [6.07, 6.45) is 3.75. The number of hydrogen-bond donors (Lipinski definition) is 3. The molecule has 2 rings (SSSR count). The molecule has 3 N–H and O–H groups in total. The molecule has 0 aliphatic carbocycles. The number of aromatic hydroxyl groups is 2. The number of unbranched alkanes of at least 4 members (excludes halogenated alkanes) is 2. The number of phenols is 2. The highest BCUT2D eigenvalue weighted by molar-refractivity contribution is 5.94. The van der Waals surface area contributed by atoms with Gasteiger partial charge in [-0.05, 0) is 31.4 Å². The molecular weight excluding hydrogens is 300 g/mol. The van der Waals surface area contributed by atoms with Crippen LogP contribution in [0.25, 0.3) is 0 Å². The topological polar surface area (TPSA) is 96.2 Å². The fourth-order valence-corrected chi connectivity index (χ4v) is 2.97. The second kappa shape index (κ2) is 7.66. The van der Waals surface area contributed by atoms with E-state index in [-0.39, 0.29) is 6.10 Å². The van der Waals surface area contributed by atoms with Gasteiger partial charge in [0, 0.05) is 6.61 Å². The van der Waals surface area contributed by atoms with E-state index in [0.717, 1.165) is 25.7 Å². The summed E-state index contributed by atoms with van der Waals surface area (Å²) in [7, 11) is 0. The van der Waals surface area contributed by atoms with Gasteiger partial charge in [0.1, 0.15) is 17.1 Å². The molecule has 0 amide bonds. The van der Waals surface area contributed by atoms with E-state index in [4.69, 9.17) is 14.6 Å². The zero-order chi connectivity index (χ0) is 17.0. The summed E-state index contributed by atoms with van der Waals surface area (Å²) in [5.74, 6) is -2.29. The third kappa shape index (κ3) is 3.76. The van der Waals surface area contributed by atoms with Crippen LogP contribution in [-0.4, -0.2) is 34.0 Å². The number of carbonyl (C=O) groups is 1. The van der Waals surface area contributed by atoms with E-state index in [1.165, 1.54) is 6.07 Å². The molecule has 0 bridgehead atoms. The fraction of sp³-hybridized carbons (Fsp3) is 0.588. The van der Waals surface area contributed by atoms with Crippen molar-refractivity contribution in [1.29, 1.82) is 0 Å². The van der Waals surface area contributed by atoms with Crippen LogP contribution in [0.5, 0.6) is 11.5 Å². The number of benzene rings is 1. The van der Waals surface area contributed by atoms with Crippen LogP contribution in [-0.2, 0) is 15.9 Å². The molecule has 128 valence electrons. The van der Waals surface area contributed by atoms with E-state index in [1.54, 1.807) is 6.92 Å². The van der Waals surface area contributed by atoms with Crippen molar-refractivity contribution in [1.82, 2.24) is 0 Å². The van der Waals surface area contributed by atoms with E-state index in [0.29, 0.717) is 24.2 Å². The smallest absolute Gasteiger partial charge is 0.343 e. The SMILES string of the molecule is CCCCC[C@@H]1Cc2cc(O)c(C(=O)O)c(O)c2C(OCC)O1. The van der Waals surface area contributed by atoms with Gasteiger partial charge in [0.2, 0.25) is 0 Å². The highest BCUT2D eigenvalue weighted by Crippen LogP contribution is 2.43. The van der Waals surface area contributed by atoms with Crippen LogP contribution in [0, 0.1) is 0 Å². The highest BCUT2D eigenvalue weighted by Gasteiger charge is 2.34. The Bertz CT molecular complexity index is 569. The van der Waals surface area contributed by atoms with Crippen molar-refractivity contribution >= 4 is 5.97 Å². The lowest BCUT2D eigenvalue weighted by Gasteiger charge is -2.33. The molecule has 23 heavy (non-hydrogen) atoms. The Labute approximate surface area is 135 Å². The zero-order valence-electron chi connectivity index (χ0n) is 13.5. The van der Waals surface area contributed by atoms with Crippen molar-refractivity contribution in [3.05, 3.63) is 22.8 Å². The van der Waals surface area contributed by atoms with Crippen LogP contribution in [0.3, 0.4) is 0 Å². The molecule has 0 saturated carbocycles. The molecule has 1 aromatic rings. The molecule has 6 heteroatoms. The number of hydrogen-bond acceptors (Lipinski definition) is 5. The molecule has 1 aromatic carbocycles. The van der Waals surface area contributed by atoms with Gasteiger partial charge in [0.15, 0.2) is 6.29 Å². The maximum Gasteiger partial charge on any atom is 0.343 e. The van der Waals surface area contributed by atoms with Gasteiger partial charge in [0.05, 0.1) is 11.7 Å². The van der Waals surface area contributed by atoms with Gasteiger partial charge in [-0.15, -0.1) is 0 Å². The lowest BCUT2D eigenvalue weighted by molar-refractivity contribution is -0.183. The maximum atomic E-state index is 11.2. The maximum absolute atomic E-state index is 11.2. The average molecular weight is 324 g/mol. The lowest BCUT2D eigenvalue weighted by Crippen LogP contribution is -2.28. The van der Waals surface area contributed by atoms with E-state index < -0.39 is 29.3 Å². The van der Waals surface area contributed by atoms with Crippen molar-refractivity contribution in [2.75, 3.05) is 6.61 Å². The van der Waals surface area contributed by atoms with Gasteiger partial charge in [-0.1, -0.05) is 26.2 Å². The van der Waals surface area contributed by atoms with Gasteiger partial charge in [0.25, 0.3) is 0 Å². The van der Waals surface area contributed by atoms with Gasteiger partial charge in [-0.25, -0.2) is 4.79 Å². The van der Waals surface area contributed by atoms with Gasteiger partial charge in [-0.2, -0.15) is 0 Å². The summed E-state index contributed by atoms with van der Waals surface area (Å²) in [5, 5.41) is 29.4. The summed E-state index contributed by atoms with van der Waals surface area (Å²) in [6.45, 7) is 4.30. The standard InChI is InChI=1S/C17H24O6/c1-3-5-6-7-11-8-10-9-12(18)14(16(20)21)15(19)13(10)17(23-11)22-4-2/h9,11,17-19H,3-8H2,1-2H3,(H,20,21)/t11-,17?/m1/s1.